The number of amides is 2. The summed E-state index contributed by atoms with van der Waals surface area (Å²) in [6.45, 7) is 4.78. The van der Waals surface area contributed by atoms with Crippen LogP contribution in [0.5, 0.6) is 0 Å². The number of rotatable bonds is 5. The zero-order valence-electron chi connectivity index (χ0n) is 14.3. The van der Waals surface area contributed by atoms with Gasteiger partial charge in [-0.1, -0.05) is 23.7 Å². The summed E-state index contributed by atoms with van der Waals surface area (Å²) in [6.07, 6.45) is 0.668. The van der Waals surface area contributed by atoms with Gasteiger partial charge in [0.15, 0.2) is 0 Å². The summed E-state index contributed by atoms with van der Waals surface area (Å²) in [5, 5.41) is 6.29. The molecule has 1 aromatic heterocycles. The third-order valence-corrected chi connectivity index (χ3v) is 4.17. The van der Waals surface area contributed by atoms with Gasteiger partial charge in [-0.25, -0.2) is 9.78 Å². The number of anilines is 1. The molecule has 0 aliphatic carbocycles. The Morgan fingerprint density at radius 1 is 1.16 bits per heavy atom. The minimum atomic E-state index is -0.241. The van der Waals surface area contributed by atoms with Crippen LogP contribution in [0, 0.1) is 0 Å². The number of para-hydroxylation sites is 2. The highest BCUT2D eigenvalue weighted by molar-refractivity contribution is 6.30. The lowest BCUT2D eigenvalue weighted by Gasteiger charge is -2.13. The molecule has 1 heterocycles. The summed E-state index contributed by atoms with van der Waals surface area (Å²) < 4.78 is 2.22. The van der Waals surface area contributed by atoms with E-state index < -0.39 is 0 Å². The molecular weight excluding hydrogens is 336 g/mol. The van der Waals surface area contributed by atoms with Crippen LogP contribution in [0.4, 0.5) is 10.5 Å². The molecule has 0 saturated carbocycles. The Hall–Kier alpha value is -2.53. The molecule has 2 aromatic carbocycles. The highest BCUT2D eigenvalue weighted by Crippen LogP contribution is 2.21. The predicted molar refractivity (Wildman–Crippen MR) is 102 cm³/mol. The predicted octanol–water partition coefficient (Wildman–Crippen LogP) is 4.63. The van der Waals surface area contributed by atoms with Crippen molar-refractivity contribution in [1.29, 1.82) is 0 Å². The molecule has 2 N–H and O–H groups in total. The van der Waals surface area contributed by atoms with Crippen LogP contribution in [0.1, 0.15) is 25.7 Å². The van der Waals surface area contributed by atoms with E-state index in [-0.39, 0.29) is 6.03 Å². The Labute approximate surface area is 152 Å². The minimum absolute atomic E-state index is 0.241. The molecule has 5 nitrogen and oxygen atoms in total. The van der Waals surface area contributed by atoms with Crippen LogP contribution in [0.3, 0.4) is 0 Å². The fourth-order valence-electron chi connectivity index (χ4n) is 2.84. The molecular formula is C19H21ClN4O. The summed E-state index contributed by atoms with van der Waals surface area (Å²) in [5.41, 5.74) is 2.81. The molecule has 25 heavy (non-hydrogen) atoms. The third kappa shape index (κ3) is 4.12. The van der Waals surface area contributed by atoms with Gasteiger partial charge in [-0.3, -0.25) is 0 Å². The lowest BCUT2D eigenvalue weighted by Crippen LogP contribution is -2.31. The van der Waals surface area contributed by atoms with E-state index in [9.17, 15) is 4.79 Å². The van der Waals surface area contributed by atoms with Crippen molar-refractivity contribution in [2.45, 2.75) is 26.3 Å². The quantitative estimate of drug-likeness (QED) is 0.700. The van der Waals surface area contributed by atoms with Gasteiger partial charge in [0, 0.05) is 29.7 Å². The molecule has 130 valence electrons. The summed E-state index contributed by atoms with van der Waals surface area (Å²) in [4.78, 5) is 16.7. The molecule has 0 radical (unpaired) electrons. The van der Waals surface area contributed by atoms with Crippen LogP contribution in [0.15, 0.2) is 48.5 Å². The van der Waals surface area contributed by atoms with Crippen LogP contribution >= 0.6 is 11.6 Å². The van der Waals surface area contributed by atoms with Gasteiger partial charge >= 0.3 is 6.03 Å². The maximum absolute atomic E-state index is 12.0. The lowest BCUT2D eigenvalue weighted by molar-refractivity contribution is 0.252. The topological polar surface area (TPSA) is 59.0 Å². The SMILES string of the molecule is CC(C)n1c(CCNC(=O)Nc2ccc(Cl)cc2)nc2ccccc21. The van der Waals surface area contributed by atoms with Gasteiger partial charge in [-0.15, -0.1) is 0 Å². The third-order valence-electron chi connectivity index (χ3n) is 3.92. The minimum Gasteiger partial charge on any atom is -0.337 e. The van der Waals surface area contributed by atoms with Gasteiger partial charge in [0.2, 0.25) is 0 Å². The molecule has 0 atom stereocenters. The van der Waals surface area contributed by atoms with Crippen molar-refractivity contribution in [1.82, 2.24) is 14.9 Å². The van der Waals surface area contributed by atoms with Crippen LogP contribution < -0.4 is 10.6 Å². The van der Waals surface area contributed by atoms with Crippen LogP contribution in [0.2, 0.25) is 5.02 Å². The molecule has 0 aliphatic heterocycles. The van der Waals surface area contributed by atoms with E-state index in [1.54, 1.807) is 24.3 Å². The maximum Gasteiger partial charge on any atom is 0.319 e. The standard InChI is InChI=1S/C19H21ClN4O/c1-13(2)24-17-6-4-3-5-16(17)23-18(24)11-12-21-19(25)22-15-9-7-14(20)8-10-15/h3-10,13H,11-12H2,1-2H3,(H2,21,22,25). The van der Waals surface area contributed by atoms with Gasteiger partial charge in [0.1, 0.15) is 5.82 Å². The number of carbonyl (C=O) groups is 1. The zero-order valence-corrected chi connectivity index (χ0v) is 15.0. The Morgan fingerprint density at radius 3 is 2.60 bits per heavy atom. The van der Waals surface area contributed by atoms with Gasteiger partial charge in [-0.05, 0) is 50.2 Å². The molecule has 0 fully saturated rings. The smallest absolute Gasteiger partial charge is 0.319 e. The second-order valence-electron chi connectivity index (χ2n) is 6.12. The molecule has 3 aromatic rings. The van der Waals surface area contributed by atoms with E-state index >= 15 is 0 Å². The lowest BCUT2D eigenvalue weighted by atomic mass is 10.3. The largest absolute Gasteiger partial charge is 0.337 e. The number of aromatic nitrogens is 2. The molecule has 6 heteroatoms. The van der Waals surface area contributed by atoms with Gasteiger partial charge < -0.3 is 15.2 Å². The number of hydrogen-bond donors (Lipinski definition) is 2. The van der Waals surface area contributed by atoms with Crippen LogP contribution in [-0.4, -0.2) is 22.1 Å². The molecule has 0 saturated heterocycles. The van der Waals surface area contributed by atoms with Crippen molar-refractivity contribution in [2.24, 2.45) is 0 Å². The fourth-order valence-corrected chi connectivity index (χ4v) is 2.97. The summed E-state index contributed by atoms with van der Waals surface area (Å²) in [6, 6.07) is 15.2. The van der Waals surface area contributed by atoms with Crippen molar-refractivity contribution >= 4 is 34.4 Å². The normalized spacial score (nSPS) is 11.0. The number of hydrogen-bond acceptors (Lipinski definition) is 2. The first kappa shape index (κ1) is 17.3. The number of urea groups is 1. The first-order chi connectivity index (χ1) is 12.0. The average molecular weight is 357 g/mol. The maximum atomic E-state index is 12.0. The number of halogens is 1. The van der Waals surface area contributed by atoms with Crippen molar-refractivity contribution in [3.63, 3.8) is 0 Å². The fraction of sp³-hybridized carbons (Fsp3) is 0.263. The number of imidazole rings is 1. The van der Waals surface area contributed by atoms with Crippen molar-refractivity contribution in [3.05, 3.63) is 59.4 Å². The molecule has 0 spiro atoms. The second-order valence-corrected chi connectivity index (χ2v) is 6.55. The van der Waals surface area contributed by atoms with Crippen molar-refractivity contribution in [2.75, 3.05) is 11.9 Å². The summed E-state index contributed by atoms with van der Waals surface area (Å²) in [5.74, 6) is 0.975. The molecule has 0 aliphatic rings. The Bertz CT molecular complexity index is 871. The van der Waals surface area contributed by atoms with E-state index in [0.717, 1.165) is 16.9 Å². The van der Waals surface area contributed by atoms with Crippen LogP contribution in [0.25, 0.3) is 11.0 Å². The summed E-state index contributed by atoms with van der Waals surface area (Å²) >= 11 is 5.84. The number of nitrogens with zero attached hydrogens (tertiary/aromatic N) is 2. The molecule has 0 unspecified atom stereocenters. The van der Waals surface area contributed by atoms with Crippen molar-refractivity contribution < 1.29 is 4.79 Å². The van der Waals surface area contributed by atoms with Gasteiger partial charge in [-0.2, -0.15) is 0 Å². The van der Waals surface area contributed by atoms with Crippen molar-refractivity contribution in [3.8, 4) is 0 Å². The second kappa shape index (κ2) is 7.57. The molecule has 3 rings (SSSR count). The average Bonchev–Trinajstić information content (AvgIpc) is 2.95. The number of fused-ring (bicyclic) bond motifs is 1. The number of nitrogens with one attached hydrogen (secondary N) is 2. The van der Waals surface area contributed by atoms with Gasteiger partial charge in [0.05, 0.1) is 11.0 Å². The van der Waals surface area contributed by atoms with E-state index in [1.807, 2.05) is 18.2 Å². The van der Waals surface area contributed by atoms with Crippen LogP contribution in [-0.2, 0) is 6.42 Å². The number of benzene rings is 2. The highest BCUT2D eigenvalue weighted by Gasteiger charge is 2.13. The van der Waals surface area contributed by atoms with E-state index in [1.165, 1.54) is 0 Å². The zero-order chi connectivity index (χ0) is 17.8. The first-order valence-corrected chi connectivity index (χ1v) is 8.68. The number of carbonyl (C=O) groups excluding carboxylic acids is 1. The van der Waals surface area contributed by atoms with E-state index in [0.29, 0.717) is 29.7 Å². The van der Waals surface area contributed by atoms with Gasteiger partial charge in [0.25, 0.3) is 0 Å². The molecule has 2 amide bonds. The Morgan fingerprint density at radius 2 is 1.88 bits per heavy atom. The Kier molecular flexibility index (Phi) is 5.24. The highest BCUT2D eigenvalue weighted by atomic mass is 35.5. The Balaban J connectivity index is 1.62. The first-order valence-electron chi connectivity index (χ1n) is 8.31. The van der Waals surface area contributed by atoms with E-state index in [2.05, 4.69) is 35.1 Å². The summed E-state index contributed by atoms with van der Waals surface area (Å²) in [7, 11) is 0. The van der Waals surface area contributed by atoms with E-state index in [4.69, 9.17) is 16.6 Å². The monoisotopic (exact) mass is 356 g/mol. The molecule has 0 bridgehead atoms.